The van der Waals surface area contributed by atoms with Crippen molar-refractivity contribution < 1.29 is 22.7 Å². The molecule has 0 bridgehead atoms. The Kier molecular flexibility index (Phi) is 31.9. The first-order chi connectivity index (χ1) is 11.7. The van der Waals surface area contributed by atoms with Crippen LogP contribution in [0.15, 0.2) is 0 Å². The van der Waals surface area contributed by atoms with Crippen LogP contribution < -0.4 is 13.3 Å². The van der Waals surface area contributed by atoms with Gasteiger partial charge in [-0.1, -0.05) is 56.4 Å². The van der Waals surface area contributed by atoms with Crippen LogP contribution in [0.4, 0.5) is 0 Å². The summed E-state index contributed by atoms with van der Waals surface area (Å²) < 4.78 is 11.5. The fourth-order valence-electron chi connectivity index (χ4n) is 3.52. The number of rotatable bonds is 2. The molecule has 0 aromatic heterocycles. The van der Waals surface area contributed by atoms with Crippen molar-refractivity contribution >= 4 is 74.5 Å². The molecule has 2 rings (SSSR count). The van der Waals surface area contributed by atoms with Gasteiger partial charge in [-0.3, -0.25) is 0 Å². The van der Waals surface area contributed by atoms with Crippen molar-refractivity contribution in [1.29, 1.82) is 0 Å². The molecule has 0 aromatic carbocycles. The fourth-order valence-corrected chi connectivity index (χ4v) is 3.52. The van der Waals surface area contributed by atoms with Gasteiger partial charge in [0.1, 0.15) is 0 Å². The molecule has 2 nitrogen and oxygen atoms in total. The second-order valence-electron chi connectivity index (χ2n) is 7.07. The molecule has 5 unspecified atom stereocenters. The molecule has 2 aliphatic rings. The van der Waals surface area contributed by atoms with Gasteiger partial charge >= 0.3 is 50.5 Å². The number of hydrogen-bond acceptors (Lipinski definition) is 2. The number of halogens is 5. The van der Waals surface area contributed by atoms with Gasteiger partial charge in [-0.2, -0.15) is 0 Å². The quantitative estimate of drug-likeness (QED) is 0.287. The summed E-state index contributed by atoms with van der Waals surface area (Å²) in [5.41, 5.74) is 0. The van der Waals surface area contributed by atoms with Gasteiger partial charge in [0.15, 0.2) is 0 Å². The van der Waals surface area contributed by atoms with Gasteiger partial charge in [0.25, 0.3) is 0 Å². The Morgan fingerprint density at radius 2 is 0.852 bits per heavy atom. The van der Waals surface area contributed by atoms with E-state index in [9.17, 15) is 0 Å². The van der Waals surface area contributed by atoms with E-state index in [1.807, 2.05) is 0 Å². The second kappa shape index (κ2) is 22.8. The second-order valence-corrected chi connectivity index (χ2v) is 23.3. The molecule has 172 valence electrons. The number of ether oxygens (including phenoxy) is 2. The van der Waals surface area contributed by atoms with Crippen molar-refractivity contribution in [2.45, 2.75) is 108 Å². The van der Waals surface area contributed by atoms with E-state index in [1.54, 1.807) is 0 Å². The summed E-state index contributed by atoms with van der Waals surface area (Å²) in [6.45, 7) is 17.9. The zero-order valence-electron chi connectivity index (χ0n) is 16.7. The van der Waals surface area contributed by atoms with Gasteiger partial charge in [-0.15, -0.1) is 0 Å². The van der Waals surface area contributed by atoms with Crippen molar-refractivity contribution in [3.05, 3.63) is 0 Å². The topological polar surface area (TPSA) is 18.5 Å². The Morgan fingerprint density at radius 1 is 0.630 bits per heavy atom. The summed E-state index contributed by atoms with van der Waals surface area (Å²) in [5.74, 6) is 2.98. The molecule has 7 heteroatoms. The van der Waals surface area contributed by atoms with Crippen LogP contribution in [0.1, 0.15) is 83.1 Å². The van der Waals surface area contributed by atoms with Crippen molar-refractivity contribution in [3.63, 3.8) is 0 Å². The summed E-state index contributed by atoms with van der Waals surface area (Å²) in [4.78, 5) is 0. The Hall–Kier alpha value is 3.57. The van der Waals surface area contributed by atoms with E-state index in [-0.39, 0.29) is 14.9 Å². The van der Waals surface area contributed by atoms with Crippen molar-refractivity contribution in [2.24, 2.45) is 23.7 Å². The van der Waals surface area contributed by atoms with Gasteiger partial charge in [-0.25, -0.2) is 0 Å². The van der Waals surface area contributed by atoms with Crippen LogP contribution >= 0.6 is 74.5 Å². The normalized spacial score (nSPS) is 36.6. The minimum absolute atomic E-state index is 0. The Bertz CT molecular complexity index is 282. The predicted molar refractivity (Wildman–Crippen MR) is 155 cm³/mol. The monoisotopic (exact) mass is 951 g/mol. The van der Waals surface area contributed by atoms with E-state index in [0.29, 0.717) is 37.7 Å². The fraction of sp³-hybridized carbons (Fsp3) is 1.00. The molecule has 2 aliphatic heterocycles. The molecular formula is C20H44I5O2-. The van der Waals surface area contributed by atoms with E-state index in [2.05, 4.69) is 130 Å². The third kappa shape index (κ3) is 14.4. The van der Waals surface area contributed by atoms with Crippen LogP contribution in [0, 0.1) is 23.7 Å². The summed E-state index contributed by atoms with van der Waals surface area (Å²) >= 11 is 9.54. The third-order valence-electron chi connectivity index (χ3n) is 5.90. The zero-order valence-corrected chi connectivity index (χ0v) is 27.5. The molecule has 0 saturated carbocycles. The van der Waals surface area contributed by atoms with Gasteiger partial charge in [0.2, 0.25) is 0 Å². The van der Waals surface area contributed by atoms with Crippen LogP contribution in [-0.4, -0.2) is 24.4 Å². The zero-order chi connectivity index (χ0) is 20.2. The first-order valence-electron chi connectivity index (χ1n) is 9.07. The summed E-state index contributed by atoms with van der Waals surface area (Å²) in [5, 5.41) is 0. The first kappa shape index (κ1) is 37.9. The molecule has 0 aliphatic carbocycles. The molecule has 2 saturated heterocycles. The van der Waals surface area contributed by atoms with E-state index >= 15 is 0 Å². The van der Waals surface area contributed by atoms with Crippen LogP contribution in [0.5, 0.6) is 0 Å². The van der Waals surface area contributed by atoms with Gasteiger partial charge in [0.05, 0.1) is 24.4 Å². The molecule has 0 N–H and O–H groups in total. The Balaban J connectivity index is -0.000000149. The summed E-state index contributed by atoms with van der Waals surface area (Å²) in [6, 6.07) is 0. The van der Waals surface area contributed by atoms with Crippen molar-refractivity contribution in [3.8, 4) is 0 Å². The average Bonchev–Trinajstić information content (AvgIpc) is 3.02. The summed E-state index contributed by atoms with van der Waals surface area (Å²) in [6.07, 6.45) is 4.31. The van der Waals surface area contributed by atoms with Crippen molar-refractivity contribution in [2.75, 3.05) is 0 Å². The van der Waals surface area contributed by atoms with E-state index < -0.39 is 0 Å². The van der Waals surface area contributed by atoms with Crippen LogP contribution in [0.2, 0.25) is 0 Å². The molecule has 0 amide bonds. The Labute approximate surface area is 224 Å². The molecule has 27 heavy (non-hydrogen) atoms. The van der Waals surface area contributed by atoms with Gasteiger partial charge in [-0.05, 0) is 50.4 Å². The van der Waals surface area contributed by atoms with Gasteiger partial charge in [0, 0.05) is 37.2 Å². The molecule has 2 heterocycles. The minimum atomic E-state index is 0. The van der Waals surface area contributed by atoms with Crippen molar-refractivity contribution in [1.82, 2.24) is 0 Å². The molecule has 0 aromatic rings. The SMILES string of the molecule is C.C.CC[C@@H]1OC(C)C(C)C1C.CC[C@@H]1O[C@H](C)C(C)C1C.II.I[I-]I. The third-order valence-corrected chi connectivity index (χ3v) is 5.90. The first-order valence-corrected chi connectivity index (χ1v) is 27.9. The standard InChI is InChI=1S/2C9H18O.2CH4.I3.I2/c2*1-5-9-7(3)6(2)8(4)10-9;;;1-3-2;1-2/h2*6-9H,5H2,1-4H3;2*1H4;;/q;;;;-1;/t6?,7?,8?,9-;6?,7?,8-,9+;;;;/m01..../s1. The van der Waals surface area contributed by atoms with E-state index in [0.717, 1.165) is 36.5 Å². The maximum absolute atomic E-state index is 5.73. The molecule has 8 atom stereocenters. The maximum atomic E-state index is 5.73. The predicted octanol–water partition coefficient (Wildman–Crippen LogP) is 6.73. The molecule has 0 radical (unpaired) electrons. The molecule has 2 fully saturated rings. The number of hydrogen-bond donors (Lipinski definition) is 0. The van der Waals surface area contributed by atoms with E-state index in [1.165, 1.54) is 0 Å². The van der Waals surface area contributed by atoms with Gasteiger partial charge < -0.3 is 9.47 Å². The van der Waals surface area contributed by atoms with Crippen LogP contribution in [0.3, 0.4) is 0 Å². The Morgan fingerprint density at radius 3 is 0.926 bits per heavy atom. The average molecular weight is 951 g/mol. The van der Waals surface area contributed by atoms with Crippen LogP contribution in [0.25, 0.3) is 0 Å². The van der Waals surface area contributed by atoms with E-state index in [4.69, 9.17) is 9.47 Å². The summed E-state index contributed by atoms with van der Waals surface area (Å²) in [7, 11) is 0. The molecular weight excluding hydrogens is 907 g/mol. The van der Waals surface area contributed by atoms with Crippen LogP contribution in [-0.2, 0) is 9.47 Å². The molecule has 0 spiro atoms.